The third-order valence-electron chi connectivity index (χ3n) is 4.04. The fraction of sp³-hybridized carbons (Fsp3) is 0. The molecule has 0 spiro atoms. The van der Waals surface area contributed by atoms with Crippen LogP contribution in [0.5, 0.6) is 5.75 Å². The number of para-hydroxylation sites is 1. The maximum absolute atomic E-state index is 8.88. The Morgan fingerprint density at radius 1 is 0.562 bits per heavy atom. The number of hydrogen-bond donors (Lipinski definition) is 4. The van der Waals surface area contributed by atoms with Crippen molar-refractivity contribution in [2.24, 2.45) is 0 Å². The standard InChI is InChI=1S/C20H16.C6H6O.H3O4P/c1-4-10-17(11-5-1)16-20(18-12-6-2-7-13-18)19-14-8-3-9-15-19;7-6-4-2-1-3-5-6;1-5(2,3)4/h1-16H;1-5,7H;(H3,1,2,3,4). The molecule has 4 N–H and O–H groups in total. The van der Waals surface area contributed by atoms with Crippen LogP contribution in [0, 0.1) is 0 Å². The van der Waals surface area contributed by atoms with Gasteiger partial charge in [0.15, 0.2) is 0 Å². The lowest BCUT2D eigenvalue weighted by atomic mass is 9.96. The fourth-order valence-corrected chi connectivity index (χ4v) is 2.71. The topological polar surface area (TPSA) is 98.0 Å². The molecule has 0 aliphatic rings. The summed E-state index contributed by atoms with van der Waals surface area (Å²) in [6, 6.07) is 40.2. The summed E-state index contributed by atoms with van der Waals surface area (Å²) in [5.74, 6) is 0.322. The van der Waals surface area contributed by atoms with Crippen molar-refractivity contribution in [3.8, 4) is 5.75 Å². The lowest BCUT2D eigenvalue weighted by Crippen LogP contribution is -1.87. The van der Waals surface area contributed by atoms with Crippen LogP contribution in [0.3, 0.4) is 0 Å². The molecule has 0 radical (unpaired) electrons. The Morgan fingerprint density at radius 2 is 0.875 bits per heavy atom. The van der Waals surface area contributed by atoms with E-state index in [0.717, 1.165) is 0 Å². The van der Waals surface area contributed by atoms with Gasteiger partial charge in [0, 0.05) is 0 Å². The van der Waals surface area contributed by atoms with Crippen molar-refractivity contribution in [1.29, 1.82) is 0 Å². The van der Waals surface area contributed by atoms with E-state index >= 15 is 0 Å². The van der Waals surface area contributed by atoms with Crippen molar-refractivity contribution in [2.75, 3.05) is 0 Å². The average Bonchev–Trinajstić information content (AvgIpc) is 2.79. The zero-order valence-electron chi connectivity index (χ0n) is 17.3. The van der Waals surface area contributed by atoms with Crippen molar-refractivity contribution in [3.63, 3.8) is 0 Å². The van der Waals surface area contributed by atoms with Gasteiger partial charge in [0.1, 0.15) is 5.75 Å². The van der Waals surface area contributed by atoms with Gasteiger partial charge in [-0.1, -0.05) is 109 Å². The molecule has 4 aromatic rings. The minimum Gasteiger partial charge on any atom is -0.508 e. The molecule has 32 heavy (non-hydrogen) atoms. The highest BCUT2D eigenvalue weighted by Gasteiger charge is 2.04. The Balaban J connectivity index is 0.000000249. The van der Waals surface area contributed by atoms with Crippen molar-refractivity contribution in [2.45, 2.75) is 0 Å². The summed E-state index contributed by atoms with van der Waals surface area (Å²) in [5.41, 5.74) is 4.94. The highest BCUT2D eigenvalue weighted by atomic mass is 31.2. The molecule has 164 valence electrons. The van der Waals surface area contributed by atoms with Crippen LogP contribution in [-0.2, 0) is 4.57 Å². The van der Waals surface area contributed by atoms with Crippen molar-refractivity contribution < 1.29 is 24.4 Å². The molecule has 0 saturated heterocycles. The van der Waals surface area contributed by atoms with Crippen molar-refractivity contribution in [3.05, 3.63) is 138 Å². The normalized spacial score (nSPS) is 9.97. The number of phosphoric acid groups is 1. The highest BCUT2D eigenvalue weighted by Crippen LogP contribution is 2.26. The van der Waals surface area contributed by atoms with Gasteiger partial charge in [-0.05, 0) is 40.5 Å². The Hall–Kier alpha value is -3.47. The van der Waals surface area contributed by atoms with E-state index in [1.54, 1.807) is 24.3 Å². The van der Waals surface area contributed by atoms with Gasteiger partial charge in [-0.3, -0.25) is 0 Å². The molecule has 0 aliphatic carbocycles. The summed E-state index contributed by atoms with van der Waals surface area (Å²) < 4.78 is 8.88. The molecule has 5 nitrogen and oxygen atoms in total. The second-order valence-corrected chi connectivity index (χ2v) is 7.58. The smallest absolute Gasteiger partial charge is 0.466 e. The second-order valence-electron chi connectivity index (χ2n) is 6.55. The lowest BCUT2D eigenvalue weighted by Gasteiger charge is -2.08. The van der Waals surface area contributed by atoms with Crippen LogP contribution >= 0.6 is 7.82 Å². The van der Waals surface area contributed by atoms with Crippen LogP contribution in [-0.4, -0.2) is 19.8 Å². The minimum atomic E-state index is -4.64. The molecule has 6 heteroatoms. The SMILES string of the molecule is C(=C(c1ccccc1)c1ccccc1)c1ccccc1.O=P(O)(O)O.Oc1ccccc1. The zero-order valence-corrected chi connectivity index (χ0v) is 18.2. The first-order chi connectivity index (χ1) is 15.3. The first kappa shape index (κ1) is 24.8. The largest absolute Gasteiger partial charge is 0.508 e. The molecular weight excluding hydrogens is 423 g/mol. The summed E-state index contributed by atoms with van der Waals surface area (Å²) in [6.45, 7) is 0. The van der Waals surface area contributed by atoms with Crippen LogP contribution in [0.15, 0.2) is 121 Å². The predicted octanol–water partition coefficient (Wildman–Crippen LogP) is 5.74. The van der Waals surface area contributed by atoms with E-state index in [2.05, 4.69) is 91.0 Å². The number of phenols is 1. The van der Waals surface area contributed by atoms with Crippen LogP contribution in [0.2, 0.25) is 0 Å². The molecule has 0 aliphatic heterocycles. The molecule has 0 fully saturated rings. The Kier molecular flexibility index (Phi) is 10.1. The second kappa shape index (κ2) is 13.1. The maximum Gasteiger partial charge on any atom is 0.466 e. The first-order valence-electron chi connectivity index (χ1n) is 9.73. The average molecular weight is 448 g/mol. The summed E-state index contributed by atoms with van der Waals surface area (Å²) in [5, 5.41) is 8.63. The number of rotatable bonds is 3. The molecule has 0 aromatic heterocycles. The molecule has 4 rings (SSSR count). The summed E-state index contributed by atoms with van der Waals surface area (Å²) in [4.78, 5) is 21.6. The van der Waals surface area contributed by atoms with E-state index in [-0.39, 0.29) is 0 Å². The monoisotopic (exact) mass is 448 g/mol. The van der Waals surface area contributed by atoms with Gasteiger partial charge in [-0.25, -0.2) is 4.57 Å². The molecule has 4 aromatic carbocycles. The van der Waals surface area contributed by atoms with E-state index in [0.29, 0.717) is 5.75 Å². The minimum absolute atomic E-state index is 0.322. The quantitative estimate of drug-likeness (QED) is 0.237. The zero-order chi connectivity index (χ0) is 23.2. The Morgan fingerprint density at radius 3 is 1.19 bits per heavy atom. The van der Waals surface area contributed by atoms with Crippen LogP contribution in [0.1, 0.15) is 16.7 Å². The summed E-state index contributed by atoms with van der Waals surface area (Å²) in [6.07, 6.45) is 2.24. The highest BCUT2D eigenvalue weighted by molar-refractivity contribution is 7.45. The van der Waals surface area contributed by atoms with Crippen LogP contribution in [0.4, 0.5) is 0 Å². The van der Waals surface area contributed by atoms with Gasteiger partial charge < -0.3 is 19.8 Å². The first-order valence-corrected chi connectivity index (χ1v) is 11.3. The van der Waals surface area contributed by atoms with Gasteiger partial charge in [-0.15, -0.1) is 0 Å². The van der Waals surface area contributed by atoms with Gasteiger partial charge in [-0.2, -0.15) is 0 Å². The predicted molar refractivity (Wildman–Crippen MR) is 129 cm³/mol. The molecule has 0 bridgehead atoms. The third-order valence-corrected chi connectivity index (χ3v) is 4.04. The van der Waals surface area contributed by atoms with E-state index in [1.165, 1.54) is 22.3 Å². The number of benzene rings is 4. The van der Waals surface area contributed by atoms with E-state index in [4.69, 9.17) is 24.4 Å². The van der Waals surface area contributed by atoms with Gasteiger partial charge in [0.25, 0.3) is 0 Å². The molecule has 0 saturated carbocycles. The Bertz CT molecular complexity index is 1060. The molecule has 0 atom stereocenters. The van der Waals surface area contributed by atoms with Crippen molar-refractivity contribution in [1.82, 2.24) is 0 Å². The van der Waals surface area contributed by atoms with Crippen LogP contribution < -0.4 is 0 Å². The van der Waals surface area contributed by atoms with Crippen molar-refractivity contribution >= 4 is 19.5 Å². The third kappa shape index (κ3) is 10.5. The molecule has 0 unspecified atom stereocenters. The molecule has 0 heterocycles. The fourth-order valence-electron chi connectivity index (χ4n) is 2.71. The van der Waals surface area contributed by atoms with Gasteiger partial charge >= 0.3 is 7.82 Å². The van der Waals surface area contributed by atoms with E-state index < -0.39 is 7.82 Å². The van der Waals surface area contributed by atoms with Crippen LogP contribution in [0.25, 0.3) is 11.6 Å². The maximum atomic E-state index is 8.88. The summed E-state index contributed by atoms with van der Waals surface area (Å²) >= 11 is 0. The number of hydrogen-bond acceptors (Lipinski definition) is 2. The van der Waals surface area contributed by atoms with Gasteiger partial charge in [0.2, 0.25) is 0 Å². The molecular formula is C26H25O5P. The van der Waals surface area contributed by atoms with E-state index in [9.17, 15) is 0 Å². The van der Waals surface area contributed by atoms with Gasteiger partial charge in [0.05, 0.1) is 0 Å². The lowest BCUT2D eigenvalue weighted by molar-refractivity contribution is 0.275. The number of phenolic OH excluding ortho intramolecular Hbond substituents is 1. The Labute approximate surface area is 187 Å². The summed E-state index contributed by atoms with van der Waals surface area (Å²) in [7, 11) is -4.64. The number of aromatic hydroxyl groups is 1. The van der Waals surface area contributed by atoms with E-state index in [1.807, 2.05) is 12.1 Å². The molecule has 0 amide bonds.